The van der Waals surface area contributed by atoms with Gasteiger partial charge in [-0.3, -0.25) is 0 Å². The number of nitrogens with one attached hydrogen (secondary N) is 1. The molecule has 0 radical (unpaired) electrons. The second kappa shape index (κ2) is 8.08. The molecule has 20 heavy (non-hydrogen) atoms. The van der Waals surface area contributed by atoms with Crippen molar-refractivity contribution in [3.8, 4) is 11.5 Å². The van der Waals surface area contributed by atoms with E-state index in [9.17, 15) is 8.42 Å². The van der Waals surface area contributed by atoms with Crippen LogP contribution in [-0.4, -0.2) is 40.9 Å². The van der Waals surface area contributed by atoms with Gasteiger partial charge in [0.25, 0.3) is 0 Å². The van der Waals surface area contributed by atoms with Gasteiger partial charge in [-0.25, -0.2) is 13.1 Å². The van der Waals surface area contributed by atoms with Crippen molar-refractivity contribution in [2.75, 3.05) is 27.4 Å². The third-order valence-electron chi connectivity index (χ3n) is 2.79. The Balaban J connectivity index is 2.72. The molecule has 0 spiro atoms. The number of benzene rings is 1. The van der Waals surface area contributed by atoms with Crippen molar-refractivity contribution < 1.29 is 23.0 Å². The monoisotopic (exact) mass is 303 g/mol. The summed E-state index contributed by atoms with van der Waals surface area (Å²) in [5, 5.41) is 8.65. The summed E-state index contributed by atoms with van der Waals surface area (Å²) in [5.74, 6) is 0.852. The predicted octanol–water partition coefficient (Wildman–Crippen LogP) is 1.14. The average molecular weight is 303 g/mol. The first-order valence-electron chi connectivity index (χ1n) is 6.37. The summed E-state index contributed by atoms with van der Waals surface area (Å²) in [6.07, 6.45) is 2.15. The Bertz CT molecular complexity index is 515. The van der Waals surface area contributed by atoms with Crippen molar-refractivity contribution in [3.63, 3.8) is 0 Å². The molecule has 0 bridgehead atoms. The number of aliphatic hydroxyl groups is 1. The lowest BCUT2D eigenvalue weighted by Gasteiger charge is -2.11. The van der Waals surface area contributed by atoms with E-state index in [0.717, 1.165) is 6.42 Å². The molecule has 0 unspecified atom stereocenters. The Morgan fingerprint density at radius 2 is 1.80 bits per heavy atom. The molecule has 2 N–H and O–H groups in total. The zero-order chi connectivity index (χ0) is 15.0. The van der Waals surface area contributed by atoms with Crippen molar-refractivity contribution in [2.24, 2.45) is 0 Å². The van der Waals surface area contributed by atoms with Gasteiger partial charge in [-0.2, -0.15) is 0 Å². The molecule has 0 amide bonds. The number of ether oxygens (including phenoxy) is 2. The minimum atomic E-state index is -3.55. The molecule has 0 saturated carbocycles. The number of hydrogen-bond acceptors (Lipinski definition) is 5. The van der Waals surface area contributed by atoms with Crippen LogP contribution in [0.5, 0.6) is 11.5 Å². The lowest BCUT2D eigenvalue weighted by Crippen LogP contribution is -2.24. The van der Waals surface area contributed by atoms with Gasteiger partial charge >= 0.3 is 0 Å². The van der Waals surface area contributed by atoms with Gasteiger partial charge in [-0.15, -0.1) is 0 Å². The van der Waals surface area contributed by atoms with Gasteiger partial charge in [0.1, 0.15) is 0 Å². The third kappa shape index (κ3) is 4.66. The Morgan fingerprint density at radius 3 is 2.40 bits per heavy atom. The van der Waals surface area contributed by atoms with Crippen LogP contribution in [-0.2, 0) is 10.0 Å². The molecule has 0 aliphatic heterocycles. The number of rotatable bonds is 9. The minimum absolute atomic E-state index is 0.127. The molecule has 7 heteroatoms. The highest BCUT2D eigenvalue weighted by molar-refractivity contribution is 7.89. The average Bonchev–Trinajstić information content (AvgIpc) is 2.46. The standard InChI is InChI=1S/C13H21NO5S/c1-18-12-7-6-11(10-13(12)19-2)20(16,17)14-8-4-3-5-9-15/h6-7,10,14-15H,3-5,8-9H2,1-2H3. The number of aliphatic hydroxyl groups excluding tert-OH is 1. The van der Waals surface area contributed by atoms with Gasteiger partial charge in [0.15, 0.2) is 11.5 Å². The summed E-state index contributed by atoms with van der Waals surface area (Å²) in [6, 6.07) is 4.45. The quantitative estimate of drug-likeness (QED) is 0.668. The molecule has 1 aromatic carbocycles. The largest absolute Gasteiger partial charge is 0.493 e. The normalized spacial score (nSPS) is 11.3. The Morgan fingerprint density at radius 1 is 1.10 bits per heavy atom. The van der Waals surface area contributed by atoms with Crippen LogP contribution in [0.4, 0.5) is 0 Å². The first-order valence-corrected chi connectivity index (χ1v) is 7.86. The fourth-order valence-corrected chi connectivity index (χ4v) is 2.78. The van der Waals surface area contributed by atoms with Gasteiger partial charge in [0.05, 0.1) is 19.1 Å². The van der Waals surface area contributed by atoms with E-state index in [1.165, 1.54) is 26.4 Å². The topological polar surface area (TPSA) is 84.9 Å². The van der Waals surface area contributed by atoms with Crippen molar-refractivity contribution in [1.82, 2.24) is 4.72 Å². The Labute approximate surface area is 119 Å². The maximum Gasteiger partial charge on any atom is 0.240 e. The molecule has 6 nitrogen and oxygen atoms in total. The molecular formula is C13H21NO5S. The van der Waals surface area contributed by atoms with Crippen molar-refractivity contribution >= 4 is 10.0 Å². The molecule has 0 aromatic heterocycles. The van der Waals surface area contributed by atoms with Crippen molar-refractivity contribution in [1.29, 1.82) is 0 Å². The van der Waals surface area contributed by atoms with Gasteiger partial charge in [0, 0.05) is 19.2 Å². The van der Waals surface area contributed by atoms with Crippen LogP contribution in [0.1, 0.15) is 19.3 Å². The molecule has 0 fully saturated rings. The van der Waals surface area contributed by atoms with Gasteiger partial charge < -0.3 is 14.6 Å². The first-order chi connectivity index (χ1) is 9.55. The van der Waals surface area contributed by atoms with Crippen LogP contribution in [0.25, 0.3) is 0 Å². The van der Waals surface area contributed by atoms with Crippen LogP contribution in [0.3, 0.4) is 0 Å². The molecule has 114 valence electrons. The van der Waals surface area contributed by atoms with E-state index in [-0.39, 0.29) is 11.5 Å². The SMILES string of the molecule is COc1ccc(S(=O)(=O)NCCCCCO)cc1OC. The zero-order valence-corrected chi connectivity index (χ0v) is 12.6. The van der Waals surface area contributed by atoms with Crippen LogP contribution in [0.2, 0.25) is 0 Å². The van der Waals surface area contributed by atoms with Crippen molar-refractivity contribution in [2.45, 2.75) is 24.2 Å². The summed E-state index contributed by atoms with van der Waals surface area (Å²) < 4.78 is 36.8. The van der Waals surface area contributed by atoms with Crippen LogP contribution >= 0.6 is 0 Å². The van der Waals surface area contributed by atoms with E-state index in [1.54, 1.807) is 6.07 Å². The molecule has 0 atom stereocenters. The molecule has 0 aliphatic carbocycles. The van der Waals surface area contributed by atoms with E-state index < -0.39 is 10.0 Å². The smallest absolute Gasteiger partial charge is 0.240 e. The summed E-state index contributed by atoms with van der Waals surface area (Å²) in [6.45, 7) is 0.471. The summed E-state index contributed by atoms with van der Waals surface area (Å²) in [7, 11) is -0.607. The Hall–Kier alpha value is -1.31. The fourth-order valence-electron chi connectivity index (χ4n) is 1.69. The van der Waals surface area contributed by atoms with Crippen molar-refractivity contribution in [3.05, 3.63) is 18.2 Å². The first kappa shape index (κ1) is 16.7. The van der Waals surface area contributed by atoms with E-state index in [4.69, 9.17) is 14.6 Å². The maximum absolute atomic E-state index is 12.1. The summed E-state index contributed by atoms with van der Waals surface area (Å²) in [5.41, 5.74) is 0. The second-order valence-electron chi connectivity index (χ2n) is 4.20. The molecule has 0 aliphatic rings. The third-order valence-corrected chi connectivity index (χ3v) is 4.25. The summed E-state index contributed by atoms with van der Waals surface area (Å²) in [4.78, 5) is 0.136. The summed E-state index contributed by atoms with van der Waals surface area (Å²) >= 11 is 0. The van der Waals surface area contributed by atoms with Gasteiger partial charge in [-0.1, -0.05) is 0 Å². The number of methoxy groups -OCH3 is 2. The molecule has 0 heterocycles. The fraction of sp³-hybridized carbons (Fsp3) is 0.538. The lowest BCUT2D eigenvalue weighted by atomic mass is 10.2. The highest BCUT2D eigenvalue weighted by atomic mass is 32.2. The highest BCUT2D eigenvalue weighted by Crippen LogP contribution is 2.29. The lowest BCUT2D eigenvalue weighted by molar-refractivity contribution is 0.283. The zero-order valence-electron chi connectivity index (χ0n) is 11.8. The van der Waals surface area contributed by atoms with Gasteiger partial charge in [0.2, 0.25) is 10.0 Å². The predicted molar refractivity (Wildman–Crippen MR) is 75.7 cm³/mol. The van der Waals surface area contributed by atoms with E-state index in [1.807, 2.05) is 0 Å². The number of sulfonamides is 1. The molecule has 0 saturated heterocycles. The Kier molecular flexibility index (Phi) is 6.77. The van der Waals surface area contributed by atoms with Crippen LogP contribution < -0.4 is 14.2 Å². The van der Waals surface area contributed by atoms with E-state index >= 15 is 0 Å². The number of unbranched alkanes of at least 4 members (excludes halogenated alkanes) is 2. The minimum Gasteiger partial charge on any atom is -0.493 e. The van der Waals surface area contributed by atoms with Crippen LogP contribution in [0, 0.1) is 0 Å². The van der Waals surface area contributed by atoms with E-state index in [0.29, 0.717) is 30.9 Å². The van der Waals surface area contributed by atoms with Gasteiger partial charge in [-0.05, 0) is 31.4 Å². The van der Waals surface area contributed by atoms with E-state index in [2.05, 4.69) is 4.72 Å². The molecule has 1 aromatic rings. The molecular weight excluding hydrogens is 282 g/mol. The second-order valence-corrected chi connectivity index (χ2v) is 5.97. The van der Waals surface area contributed by atoms with Crippen LogP contribution in [0.15, 0.2) is 23.1 Å². The number of hydrogen-bond donors (Lipinski definition) is 2. The highest BCUT2D eigenvalue weighted by Gasteiger charge is 2.16. The molecule has 1 rings (SSSR count). The maximum atomic E-state index is 12.1.